The first kappa shape index (κ1) is 8.73. The summed E-state index contributed by atoms with van der Waals surface area (Å²) < 4.78 is 9.50. The van der Waals surface area contributed by atoms with Gasteiger partial charge in [-0.25, -0.2) is 4.79 Å². The molecule has 0 saturated heterocycles. The van der Waals surface area contributed by atoms with Crippen molar-refractivity contribution in [1.29, 1.82) is 0 Å². The molecule has 0 amide bonds. The summed E-state index contributed by atoms with van der Waals surface area (Å²) in [5.74, 6) is -1.27. The molecular weight excluding hydrogens is 162 g/mol. The average molecular weight is 171 g/mol. The lowest BCUT2D eigenvalue weighted by atomic mass is 10.3. The number of carboxylic acid groups (broad SMARTS) is 1. The van der Waals surface area contributed by atoms with E-state index in [0.29, 0.717) is 12.2 Å². The minimum atomic E-state index is -1.12. The second kappa shape index (κ2) is 3.87. The first-order valence-corrected chi connectivity index (χ1v) is 3.50. The van der Waals surface area contributed by atoms with Crippen molar-refractivity contribution in [3.8, 4) is 0 Å². The molecule has 0 aromatic carbocycles. The SMILES string of the molecule is CCOCc1cnoc1C(=O)O. The Balaban J connectivity index is 2.70. The van der Waals surface area contributed by atoms with Crippen LogP contribution >= 0.6 is 0 Å². The molecule has 0 radical (unpaired) electrons. The Morgan fingerprint density at radius 1 is 1.83 bits per heavy atom. The van der Waals surface area contributed by atoms with Crippen molar-refractivity contribution >= 4 is 5.97 Å². The van der Waals surface area contributed by atoms with Gasteiger partial charge in [0.1, 0.15) is 0 Å². The second-order valence-corrected chi connectivity index (χ2v) is 2.12. The number of hydrogen-bond donors (Lipinski definition) is 1. The highest BCUT2D eigenvalue weighted by Gasteiger charge is 2.14. The maximum Gasteiger partial charge on any atom is 0.375 e. The second-order valence-electron chi connectivity index (χ2n) is 2.12. The van der Waals surface area contributed by atoms with Gasteiger partial charge in [-0.2, -0.15) is 0 Å². The summed E-state index contributed by atoms with van der Waals surface area (Å²) >= 11 is 0. The lowest BCUT2D eigenvalue weighted by Crippen LogP contribution is -2.00. The number of ether oxygens (including phenoxy) is 1. The van der Waals surface area contributed by atoms with Crippen molar-refractivity contribution < 1.29 is 19.2 Å². The largest absolute Gasteiger partial charge is 0.475 e. The minimum Gasteiger partial charge on any atom is -0.475 e. The summed E-state index contributed by atoms with van der Waals surface area (Å²) in [5.41, 5.74) is 0.462. The van der Waals surface area contributed by atoms with Gasteiger partial charge in [0.15, 0.2) is 0 Å². The Hall–Kier alpha value is -1.36. The third kappa shape index (κ3) is 1.82. The molecule has 12 heavy (non-hydrogen) atoms. The number of aromatic nitrogens is 1. The molecule has 0 aliphatic carbocycles. The highest BCUT2D eigenvalue weighted by Crippen LogP contribution is 2.08. The van der Waals surface area contributed by atoms with Crippen LogP contribution in [0.15, 0.2) is 10.7 Å². The van der Waals surface area contributed by atoms with Crippen LogP contribution < -0.4 is 0 Å². The van der Waals surface area contributed by atoms with E-state index >= 15 is 0 Å². The Bertz CT molecular complexity index is 268. The average Bonchev–Trinajstić information content (AvgIpc) is 2.48. The normalized spacial score (nSPS) is 10.1. The van der Waals surface area contributed by atoms with Gasteiger partial charge < -0.3 is 14.4 Å². The molecule has 1 rings (SSSR count). The number of hydrogen-bond acceptors (Lipinski definition) is 4. The van der Waals surface area contributed by atoms with Crippen molar-refractivity contribution in [1.82, 2.24) is 5.16 Å². The molecule has 0 unspecified atom stereocenters. The topological polar surface area (TPSA) is 72.6 Å². The molecule has 0 aliphatic heterocycles. The molecule has 5 heteroatoms. The van der Waals surface area contributed by atoms with E-state index < -0.39 is 5.97 Å². The molecule has 0 spiro atoms. The standard InChI is InChI=1S/C7H9NO4/c1-2-11-4-5-3-8-12-6(5)7(9)10/h3H,2,4H2,1H3,(H,9,10). The van der Waals surface area contributed by atoms with Crippen molar-refractivity contribution in [3.05, 3.63) is 17.5 Å². The van der Waals surface area contributed by atoms with Gasteiger partial charge in [0.05, 0.1) is 18.4 Å². The Morgan fingerprint density at radius 3 is 3.17 bits per heavy atom. The lowest BCUT2D eigenvalue weighted by molar-refractivity contribution is 0.0641. The summed E-state index contributed by atoms with van der Waals surface area (Å²) in [6.07, 6.45) is 1.35. The van der Waals surface area contributed by atoms with Crippen molar-refractivity contribution in [2.24, 2.45) is 0 Å². The van der Waals surface area contributed by atoms with Crippen molar-refractivity contribution in [2.45, 2.75) is 13.5 Å². The van der Waals surface area contributed by atoms with E-state index in [4.69, 9.17) is 9.84 Å². The number of rotatable bonds is 4. The Kier molecular flexibility index (Phi) is 2.82. The molecule has 66 valence electrons. The summed E-state index contributed by atoms with van der Waals surface area (Å²) in [6.45, 7) is 2.58. The highest BCUT2D eigenvalue weighted by molar-refractivity contribution is 5.85. The van der Waals surface area contributed by atoms with E-state index in [1.807, 2.05) is 6.92 Å². The van der Waals surface area contributed by atoms with E-state index in [1.54, 1.807) is 0 Å². The van der Waals surface area contributed by atoms with E-state index in [-0.39, 0.29) is 12.4 Å². The third-order valence-electron chi connectivity index (χ3n) is 1.30. The van der Waals surface area contributed by atoms with Gasteiger partial charge in [-0.1, -0.05) is 5.16 Å². The first-order chi connectivity index (χ1) is 5.75. The molecule has 1 N–H and O–H groups in total. The third-order valence-corrected chi connectivity index (χ3v) is 1.30. The van der Waals surface area contributed by atoms with Crippen LogP contribution in [-0.4, -0.2) is 22.8 Å². The Morgan fingerprint density at radius 2 is 2.58 bits per heavy atom. The molecule has 0 aliphatic rings. The predicted octanol–water partition coefficient (Wildman–Crippen LogP) is 0.909. The molecule has 0 saturated carbocycles. The zero-order chi connectivity index (χ0) is 8.97. The maximum atomic E-state index is 10.5. The van der Waals surface area contributed by atoms with Gasteiger partial charge in [-0.05, 0) is 6.92 Å². The number of carbonyl (C=O) groups is 1. The molecule has 1 aromatic heterocycles. The predicted molar refractivity (Wildman–Crippen MR) is 38.8 cm³/mol. The van der Waals surface area contributed by atoms with Crippen LogP contribution in [0.4, 0.5) is 0 Å². The number of nitrogens with zero attached hydrogens (tertiary/aromatic N) is 1. The summed E-state index contributed by atoms with van der Waals surface area (Å²) in [4.78, 5) is 10.5. The van der Waals surface area contributed by atoms with Crippen LogP contribution in [0.2, 0.25) is 0 Å². The highest BCUT2D eigenvalue weighted by atomic mass is 16.5. The molecule has 5 nitrogen and oxygen atoms in total. The van der Waals surface area contributed by atoms with Gasteiger partial charge in [-0.3, -0.25) is 0 Å². The smallest absolute Gasteiger partial charge is 0.375 e. The molecule has 0 fully saturated rings. The van der Waals surface area contributed by atoms with E-state index in [2.05, 4.69) is 9.68 Å². The number of aromatic carboxylic acids is 1. The summed E-state index contributed by atoms with van der Waals surface area (Å²) in [7, 11) is 0. The Labute approximate surface area is 68.9 Å². The zero-order valence-corrected chi connectivity index (χ0v) is 6.61. The van der Waals surface area contributed by atoms with Crippen molar-refractivity contribution in [2.75, 3.05) is 6.61 Å². The van der Waals surface area contributed by atoms with Gasteiger partial charge in [0.2, 0.25) is 5.76 Å². The van der Waals surface area contributed by atoms with Crippen LogP contribution in [-0.2, 0) is 11.3 Å². The monoisotopic (exact) mass is 171 g/mol. The van der Waals surface area contributed by atoms with Crippen LogP contribution in [0.1, 0.15) is 23.0 Å². The fourth-order valence-corrected chi connectivity index (χ4v) is 0.751. The van der Waals surface area contributed by atoms with E-state index in [9.17, 15) is 4.79 Å². The fraction of sp³-hybridized carbons (Fsp3) is 0.429. The lowest BCUT2D eigenvalue weighted by Gasteiger charge is -1.96. The van der Waals surface area contributed by atoms with Gasteiger partial charge in [0, 0.05) is 6.61 Å². The van der Waals surface area contributed by atoms with Gasteiger partial charge in [0.25, 0.3) is 0 Å². The van der Waals surface area contributed by atoms with Crippen LogP contribution in [0, 0.1) is 0 Å². The zero-order valence-electron chi connectivity index (χ0n) is 6.61. The first-order valence-electron chi connectivity index (χ1n) is 3.50. The van der Waals surface area contributed by atoms with E-state index in [1.165, 1.54) is 6.20 Å². The van der Waals surface area contributed by atoms with E-state index in [0.717, 1.165) is 0 Å². The van der Waals surface area contributed by atoms with Gasteiger partial charge in [-0.15, -0.1) is 0 Å². The minimum absolute atomic E-state index is 0.150. The van der Waals surface area contributed by atoms with Gasteiger partial charge >= 0.3 is 5.97 Å². The maximum absolute atomic E-state index is 10.5. The quantitative estimate of drug-likeness (QED) is 0.728. The molecule has 0 bridgehead atoms. The molecule has 1 heterocycles. The molecule has 1 aromatic rings. The summed E-state index contributed by atoms with van der Waals surface area (Å²) in [5, 5.41) is 11.9. The molecular formula is C7H9NO4. The van der Waals surface area contributed by atoms with Crippen LogP contribution in [0.3, 0.4) is 0 Å². The summed E-state index contributed by atoms with van der Waals surface area (Å²) in [6, 6.07) is 0. The molecule has 0 atom stereocenters. The van der Waals surface area contributed by atoms with Crippen LogP contribution in [0.5, 0.6) is 0 Å². The van der Waals surface area contributed by atoms with Crippen molar-refractivity contribution in [3.63, 3.8) is 0 Å². The van der Waals surface area contributed by atoms with Crippen LogP contribution in [0.25, 0.3) is 0 Å². The fourth-order valence-electron chi connectivity index (χ4n) is 0.751. The number of carboxylic acids is 1.